The zero-order valence-corrected chi connectivity index (χ0v) is 21.5. The van der Waals surface area contributed by atoms with Crippen LogP contribution in [0.4, 0.5) is 4.79 Å². The van der Waals surface area contributed by atoms with Crippen LogP contribution in [0, 0.1) is 0 Å². The van der Waals surface area contributed by atoms with Gasteiger partial charge in [0, 0.05) is 25.9 Å². The normalized spacial score (nSPS) is 12.0. The minimum absolute atomic E-state index is 0. The van der Waals surface area contributed by atoms with Crippen molar-refractivity contribution < 1.29 is 66.5 Å². The average molecular weight is 571 g/mol. The van der Waals surface area contributed by atoms with Gasteiger partial charge in [0.05, 0.1) is 55.4 Å². The van der Waals surface area contributed by atoms with E-state index in [1.807, 2.05) is 25.7 Å². The second-order valence-electron chi connectivity index (χ2n) is 9.20. The van der Waals surface area contributed by atoms with Crippen molar-refractivity contribution in [2.45, 2.75) is 39.2 Å². The molecule has 0 unspecified atom stereocenters. The van der Waals surface area contributed by atoms with E-state index in [-0.39, 0.29) is 54.0 Å². The summed E-state index contributed by atoms with van der Waals surface area (Å²) >= 11 is 0. The number of carbonyl (C=O) groups is 1. The summed E-state index contributed by atoms with van der Waals surface area (Å²) in [4.78, 5) is 14.2. The molecular weight excluding hydrogens is 532 g/mol. The van der Waals surface area contributed by atoms with E-state index in [1.54, 1.807) is 0 Å². The van der Waals surface area contributed by atoms with Crippen molar-refractivity contribution in [3.05, 3.63) is 0 Å². The van der Waals surface area contributed by atoms with Gasteiger partial charge in [-0.3, -0.25) is 0 Å². The minimum atomic E-state index is -0.435. The average Bonchev–Trinajstić information content (AvgIpc) is 2.21. The fourth-order valence-corrected chi connectivity index (χ4v) is 2.09. The number of rotatable bonds is 8. The summed E-state index contributed by atoms with van der Waals surface area (Å²) in [6.07, 6.45) is 1.80. The molecular formula is C17H39I2N3O2. The Bertz CT molecular complexity index is 325. The SMILES string of the molecule is CC(C)(C)OC(=O)N(CCC[N+](C)(C)C)CCC[N+](C)(C)C.[I-].[I-]. The lowest BCUT2D eigenvalue weighted by Crippen LogP contribution is -3.00. The van der Waals surface area contributed by atoms with Gasteiger partial charge in [0.2, 0.25) is 0 Å². The molecule has 0 saturated carbocycles. The van der Waals surface area contributed by atoms with Crippen molar-refractivity contribution in [3.8, 4) is 0 Å². The van der Waals surface area contributed by atoms with Gasteiger partial charge >= 0.3 is 6.09 Å². The van der Waals surface area contributed by atoms with Crippen LogP contribution in [-0.4, -0.2) is 94.0 Å². The third kappa shape index (κ3) is 19.0. The monoisotopic (exact) mass is 571 g/mol. The fraction of sp³-hybridized carbons (Fsp3) is 0.941. The van der Waals surface area contributed by atoms with E-state index in [0.717, 1.165) is 48.0 Å². The Morgan fingerprint density at radius 2 is 1.17 bits per heavy atom. The number of nitrogens with zero attached hydrogens (tertiary/aromatic N) is 3. The molecule has 0 fully saturated rings. The molecule has 0 aliphatic rings. The highest BCUT2D eigenvalue weighted by Crippen LogP contribution is 2.11. The smallest absolute Gasteiger partial charge is 0.410 e. The summed E-state index contributed by atoms with van der Waals surface area (Å²) in [5.74, 6) is 0. The van der Waals surface area contributed by atoms with E-state index in [9.17, 15) is 4.79 Å². The predicted octanol–water partition coefficient (Wildman–Crippen LogP) is -3.58. The first kappa shape index (κ1) is 29.4. The second kappa shape index (κ2) is 12.1. The molecule has 0 rings (SSSR count). The molecule has 0 radical (unpaired) electrons. The van der Waals surface area contributed by atoms with Crippen LogP contribution < -0.4 is 48.0 Å². The molecule has 0 atom stereocenters. The molecule has 0 bridgehead atoms. The molecule has 24 heavy (non-hydrogen) atoms. The van der Waals surface area contributed by atoms with Crippen LogP contribution in [0.1, 0.15) is 33.6 Å². The van der Waals surface area contributed by atoms with Crippen molar-refractivity contribution in [2.75, 3.05) is 68.5 Å². The quantitative estimate of drug-likeness (QED) is 0.223. The summed E-state index contributed by atoms with van der Waals surface area (Å²) in [6.45, 7) is 9.38. The van der Waals surface area contributed by atoms with E-state index < -0.39 is 5.60 Å². The number of halogens is 2. The van der Waals surface area contributed by atoms with E-state index in [1.165, 1.54) is 0 Å². The molecule has 0 aromatic rings. The third-order valence-electron chi connectivity index (χ3n) is 3.17. The summed E-state index contributed by atoms with van der Waals surface area (Å²) in [5.41, 5.74) is -0.435. The number of ether oxygens (including phenoxy) is 1. The largest absolute Gasteiger partial charge is 1.00 e. The molecule has 0 spiro atoms. The summed E-state index contributed by atoms with van der Waals surface area (Å²) < 4.78 is 7.38. The van der Waals surface area contributed by atoms with Crippen LogP contribution in [0.15, 0.2) is 0 Å². The Morgan fingerprint density at radius 1 is 0.833 bits per heavy atom. The van der Waals surface area contributed by atoms with E-state index in [2.05, 4.69) is 42.3 Å². The highest BCUT2D eigenvalue weighted by Gasteiger charge is 2.23. The van der Waals surface area contributed by atoms with Crippen molar-refractivity contribution in [1.82, 2.24) is 4.90 Å². The maximum absolute atomic E-state index is 12.4. The topological polar surface area (TPSA) is 29.5 Å². The molecule has 0 aliphatic heterocycles. The van der Waals surface area contributed by atoms with Gasteiger partial charge in [-0.25, -0.2) is 4.79 Å². The zero-order chi connectivity index (χ0) is 17.6. The first-order valence-corrected chi connectivity index (χ1v) is 8.28. The van der Waals surface area contributed by atoms with Gasteiger partial charge in [0.1, 0.15) is 5.60 Å². The van der Waals surface area contributed by atoms with Gasteiger partial charge < -0.3 is 66.6 Å². The third-order valence-corrected chi connectivity index (χ3v) is 3.17. The lowest BCUT2D eigenvalue weighted by molar-refractivity contribution is -0.870. The summed E-state index contributed by atoms with van der Waals surface area (Å²) in [6, 6.07) is 0. The lowest BCUT2D eigenvalue weighted by atomic mass is 10.2. The molecule has 0 aromatic carbocycles. The molecule has 0 saturated heterocycles. The molecule has 0 heterocycles. The Hall–Kier alpha value is 0.650. The van der Waals surface area contributed by atoms with Crippen molar-refractivity contribution in [2.24, 2.45) is 0 Å². The molecule has 7 heteroatoms. The first-order valence-electron chi connectivity index (χ1n) is 8.28. The Kier molecular flexibility index (Phi) is 14.8. The van der Waals surface area contributed by atoms with Gasteiger partial charge in [-0.05, 0) is 20.8 Å². The molecule has 5 nitrogen and oxygen atoms in total. The van der Waals surface area contributed by atoms with Crippen molar-refractivity contribution in [1.29, 1.82) is 0 Å². The molecule has 148 valence electrons. The summed E-state index contributed by atoms with van der Waals surface area (Å²) in [5, 5.41) is 0. The van der Waals surface area contributed by atoms with E-state index in [4.69, 9.17) is 4.74 Å². The Labute approximate surface area is 184 Å². The van der Waals surface area contributed by atoms with Crippen molar-refractivity contribution >= 4 is 6.09 Å². The van der Waals surface area contributed by atoms with Crippen molar-refractivity contribution in [3.63, 3.8) is 0 Å². The molecule has 0 aromatic heterocycles. The van der Waals surface area contributed by atoms with Crippen LogP contribution in [0.2, 0.25) is 0 Å². The number of hydrogen-bond acceptors (Lipinski definition) is 2. The van der Waals surface area contributed by atoms with E-state index >= 15 is 0 Å². The number of quaternary nitrogens is 2. The van der Waals surface area contributed by atoms with Crippen LogP contribution in [-0.2, 0) is 4.74 Å². The lowest BCUT2D eigenvalue weighted by Gasteiger charge is -2.30. The maximum Gasteiger partial charge on any atom is 0.410 e. The van der Waals surface area contributed by atoms with E-state index in [0.29, 0.717) is 0 Å². The molecule has 0 N–H and O–H groups in total. The van der Waals surface area contributed by atoms with Crippen LogP contribution in [0.5, 0.6) is 0 Å². The van der Waals surface area contributed by atoms with Gasteiger partial charge in [0.25, 0.3) is 0 Å². The summed E-state index contributed by atoms with van der Waals surface area (Å²) in [7, 11) is 13.1. The molecule has 0 aliphatic carbocycles. The van der Waals surface area contributed by atoms with Gasteiger partial charge in [0.15, 0.2) is 0 Å². The zero-order valence-electron chi connectivity index (χ0n) is 17.2. The van der Waals surface area contributed by atoms with Gasteiger partial charge in [-0.1, -0.05) is 0 Å². The highest BCUT2D eigenvalue weighted by atomic mass is 127. The Morgan fingerprint density at radius 3 is 1.42 bits per heavy atom. The van der Waals surface area contributed by atoms with Crippen LogP contribution in [0.25, 0.3) is 0 Å². The predicted molar refractivity (Wildman–Crippen MR) is 92.8 cm³/mol. The Balaban J connectivity index is -0.00000220. The van der Waals surface area contributed by atoms with Crippen LogP contribution in [0.3, 0.4) is 0 Å². The first-order chi connectivity index (χ1) is 9.70. The van der Waals surface area contributed by atoms with Gasteiger partial charge in [-0.15, -0.1) is 0 Å². The van der Waals surface area contributed by atoms with Gasteiger partial charge in [-0.2, -0.15) is 0 Å². The molecule has 1 amide bonds. The van der Waals surface area contributed by atoms with Crippen LogP contribution >= 0.6 is 0 Å². The minimum Gasteiger partial charge on any atom is -1.00 e. The number of amides is 1. The fourth-order valence-electron chi connectivity index (χ4n) is 2.09. The number of carbonyl (C=O) groups excluding carboxylic acids is 1. The maximum atomic E-state index is 12.4. The standard InChI is InChI=1S/C17H39N3O2.2HI/c1-17(2,3)22-16(21)18(12-10-14-19(4,5)6)13-11-15-20(7,8)9;;/h10-15H2,1-9H3;2*1H/q+2;;/p-2. The second-order valence-corrected chi connectivity index (χ2v) is 9.20. The highest BCUT2D eigenvalue weighted by molar-refractivity contribution is 5.68. The number of hydrogen-bond donors (Lipinski definition) is 0.